The van der Waals surface area contributed by atoms with E-state index in [-0.39, 0.29) is 17.9 Å². The summed E-state index contributed by atoms with van der Waals surface area (Å²) in [5, 5.41) is 11.2. The summed E-state index contributed by atoms with van der Waals surface area (Å²) in [5.41, 5.74) is 2.12. The number of benzene rings is 3. The van der Waals surface area contributed by atoms with Crippen LogP contribution in [0.4, 0.5) is 0 Å². The fourth-order valence-corrected chi connectivity index (χ4v) is 4.35. The Kier molecular flexibility index (Phi) is 6.76. The van der Waals surface area contributed by atoms with E-state index in [1.54, 1.807) is 67.8 Å². The van der Waals surface area contributed by atoms with E-state index in [9.17, 15) is 14.7 Å². The molecule has 5 rings (SSSR count). The largest absolute Gasteiger partial charge is 0.507 e. The maximum absolute atomic E-state index is 13.2. The first-order valence-corrected chi connectivity index (χ1v) is 11.8. The summed E-state index contributed by atoms with van der Waals surface area (Å²) in [7, 11) is 1.54. The van der Waals surface area contributed by atoms with E-state index in [4.69, 9.17) is 13.9 Å². The Morgan fingerprint density at radius 1 is 0.892 bits per heavy atom. The molecule has 1 N–H and O–H groups in total. The van der Waals surface area contributed by atoms with Gasteiger partial charge in [-0.15, -0.1) is 0 Å². The van der Waals surface area contributed by atoms with Gasteiger partial charge in [-0.25, -0.2) is 0 Å². The zero-order valence-electron chi connectivity index (χ0n) is 20.2. The normalized spacial score (nSPS) is 16.7. The number of likely N-dealkylation sites (tertiary alicyclic amines) is 1. The number of amides is 1. The Balaban J connectivity index is 1.50. The zero-order chi connectivity index (χ0) is 25.8. The highest BCUT2D eigenvalue weighted by molar-refractivity contribution is 6.46. The van der Waals surface area contributed by atoms with Crippen molar-refractivity contribution in [2.24, 2.45) is 0 Å². The third-order valence-corrected chi connectivity index (χ3v) is 6.25. The molecule has 1 aliphatic rings. The first-order valence-electron chi connectivity index (χ1n) is 11.8. The monoisotopic (exact) mass is 495 g/mol. The van der Waals surface area contributed by atoms with Gasteiger partial charge in [-0.2, -0.15) is 0 Å². The molecule has 4 aromatic rings. The Morgan fingerprint density at radius 2 is 1.59 bits per heavy atom. The number of Topliss-reactive ketones (excluding diaryl/α,β-unsaturated/α-hetero) is 1. The van der Waals surface area contributed by atoms with Gasteiger partial charge in [-0.05, 0) is 59.7 Å². The molecule has 1 unspecified atom stereocenters. The summed E-state index contributed by atoms with van der Waals surface area (Å²) < 4.78 is 16.5. The Hall–Kier alpha value is -4.78. The maximum atomic E-state index is 13.2. The van der Waals surface area contributed by atoms with Crippen molar-refractivity contribution in [2.45, 2.75) is 19.2 Å². The van der Waals surface area contributed by atoms with Gasteiger partial charge in [0, 0.05) is 5.56 Å². The van der Waals surface area contributed by atoms with Crippen LogP contribution >= 0.6 is 0 Å². The zero-order valence-corrected chi connectivity index (χ0v) is 20.2. The number of hydrogen-bond donors (Lipinski definition) is 1. The number of aliphatic hydroxyl groups is 1. The number of ether oxygens (including phenoxy) is 2. The molecule has 1 aromatic heterocycles. The van der Waals surface area contributed by atoms with Crippen molar-refractivity contribution in [1.29, 1.82) is 0 Å². The van der Waals surface area contributed by atoms with Crippen molar-refractivity contribution in [3.63, 3.8) is 0 Å². The fraction of sp³-hybridized carbons (Fsp3) is 0.133. The van der Waals surface area contributed by atoms with E-state index < -0.39 is 17.7 Å². The molecule has 186 valence electrons. The highest BCUT2D eigenvalue weighted by Crippen LogP contribution is 2.41. The van der Waals surface area contributed by atoms with Crippen LogP contribution in [0.3, 0.4) is 0 Å². The van der Waals surface area contributed by atoms with Gasteiger partial charge < -0.3 is 23.9 Å². The predicted molar refractivity (Wildman–Crippen MR) is 137 cm³/mol. The van der Waals surface area contributed by atoms with Crippen molar-refractivity contribution >= 4 is 17.4 Å². The van der Waals surface area contributed by atoms with Crippen molar-refractivity contribution in [2.75, 3.05) is 7.11 Å². The number of aliphatic hydroxyl groups excluding tert-OH is 1. The number of carbonyl (C=O) groups is 2. The molecule has 1 amide bonds. The molecular formula is C30H25NO6. The van der Waals surface area contributed by atoms with Gasteiger partial charge in [-0.1, -0.05) is 42.5 Å². The Bertz CT molecular complexity index is 1410. The van der Waals surface area contributed by atoms with Gasteiger partial charge in [0.05, 0.1) is 31.5 Å². The van der Waals surface area contributed by atoms with Crippen molar-refractivity contribution < 1.29 is 28.6 Å². The predicted octanol–water partition coefficient (Wildman–Crippen LogP) is 5.49. The molecule has 3 aromatic carbocycles. The first-order chi connectivity index (χ1) is 18.0. The number of nitrogens with zero attached hydrogens (tertiary/aromatic N) is 1. The average Bonchev–Trinajstić information content (AvgIpc) is 3.55. The van der Waals surface area contributed by atoms with E-state index in [0.717, 1.165) is 5.56 Å². The number of furan rings is 1. The van der Waals surface area contributed by atoms with Crippen molar-refractivity contribution in [1.82, 2.24) is 4.90 Å². The molecule has 37 heavy (non-hydrogen) atoms. The van der Waals surface area contributed by atoms with Crippen LogP contribution in [0.15, 0.2) is 107 Å². The molecule has 7 heteroatoms. The van der Waals surface area contributed by atoms with Crippen LogP contribution in [-0.2, 0) is 22.7 Å². The van der Waals surface area contributed by atoms with Gasteiger partial charge in [-0.3, -0.25) is 9.59 Å². The Labute approximate surface area is 214 Å². The summed E-state index contributed by atoms with van der Waals surface area (Å²) in [5.74, 6) is 0.0647. The lowest BCUT2D eigenvalue weighted by atomic mass is 9.95. The van der Waals surface area contributed by atoms with E-state index in [1.165, 1.54) is 11.2 Å². The molecule has 0 aliphatic carbocycles. The van der Waals surface area contributed by atoms with Crippen LogP contribution in [0.1, 0.15) is 28.5 Å². The van der Waals surface area contributed by atoms with Crippen molar-refractivity contribution in [3.05, 3.63) is 125 Å². The van der Waals surface area contributed by atoms with Crippen LogP contribution < -0.4 is 9.47 Å². The fourth-order valence-electron chi connectivity index (χ4n) is 4.35. The number of carbonyl (C=O) groups excluding carboxylic acids is 2. The maximum Gasteiger partial charge on any atom is 0.296 e. The summed E-state index contributed by atoms with van der Waals surface area (Å²) in [6, 6.07) is 26.3. The molecule has 1 fully saturated rings. The minimum absolute atomic E-state index is 0.0136. The summed E-state index contributed by atoms with van der Waals surface area (Å²) in [6.45, 7) is 0.489. The minimum Gasteiger partial charge on any atom is -0.507 e. The summed E-state index contributed by atoms with van der Waals surface area (Å²) in [4.78, 5) is 27.7. The molecule has 7 nitrogen and oxygen atoms in total. The van der Waals surface area contributed by atoms with E-state index in [2.05, 4.69) is 0 Å². The van der Waals surface area contributed by atoms with Crippen LogP contribution in [0, 0.1) is 0 Å². The SMILES string of the molecule is COc1ccc(/C(O)=C2/C(=O)C(=O)N(Cc3ccco3)C2c2ccc(OCc3ccccc3)cc2)cc1. The average molecular weight is 496 g/mol. The summed E-state index contributed by atoms with van der Waals surface area (Å²) in [6.07, 6.45) is 1.51. The second-order valence-electron chi connectivity index (χ2n) is 8.58. The van der Waals surface area contributed by atoms with E-state index in [1.807, 2.05) is 30.3 Å². The molecular weight excluding hydrogens is 470 g/mol. The standard InChI is InChI=1S/C30H25NO6/c1-35-23-13-11-22(12-14-23)28(32)26-27(31(30(34)29(26)33)18-25-8-5-17-36-25)21-9-15-24(16-10-21)37-19-20-6-3-2-4-7-20/h2-17,27,32H,18-19H2,1H3/b28-26-. The van der Waals surface area contributed by atoms with Gasteiger partial charge in [0.2, 0.25) is 0 Å². The highest BCUT2D eigenvalue weighted by atomic mass is 16.5. The highest BCUT2D eigenvalue weighted by Gasteiger charge is 2.46. The van der Waals surface area contributed by atoms with E-state index in [0.29, 0.717) is 35.0 Å². The lowest BCUT2D eigenvalue weighted by Gasteiger charge is -2.24. The molecule has 0 spiro atoms. The van der Waals surface area contributed by atoms with Crippen molar-refractivity contribution in [3.8, 4) is 11.5 Å². The van der Waals surface area contributed by atoms with Gasteiger partial charge >= 0.3 is 0 Å². The molecule has 1 atom stereocenters. The summed E-state index contributed by atoms with van der Waals surface area (Å²) >= 11 is 0. The lowest BCUT2D eigenvalue weighted by molar-refractivity contribution is -0.140. The minimum atomic E-state index is -0.810. The molecule has 0 bridgehead atoms. The van der Waals surface area contributed by atoms with E-state index >= 15 is 0 Å². The van der Waals surface area contributed by atoms with Gasteiger partial charge in [0.1, 0.15) is 29.6 Å². The quantitative estimate of drug-likeness (QED) is 0.198. The lowest BCUT2D eigenvalue weighted by Crippen LogP contribution is -2.29. The van der Waals surface area contributed by atoms with Crippen LogP contribution in [0.5, 0.6) is 11.5 Å². The smallest absolute Gasteiger partial charge is 0.296 e. The van der Waals surface area contributed by atoms with Crippen LogP contribution in [0.2, 0.25) is 0 Å². The van der Waals surface area contributed by atoms with Crippen LogP contribution in [-0.4, -0.2) is 28.8 Å². The molecule has 0 radical (unpaired) electrons. The number of rotatable bonds is 8. The van der Waals surface area contributed by atoms with Gasteiger partial charge in [0.25, 0.3) is 11.7 Å². The number of ketones is 1. The molecule has 1 saturated heterocycles. The molecule has 1 aliphatic heterocycles. The topological polar surface area (TPSA) is 89.2 Å². The van der Waals surface area contributed by atoms with Gasteiger partial charge in [0.15, 0.2) is 0 Å². The third kappa shape index (κ3) is 4.97. The first kappa shape index (κ1) is 23.9. The molecule has 2 heterocycles. The second-order valence-corrected chi connectivity index (χ2v) is 8.58. The second kappa shape index (κ2) is 10.5. The third-order valence-electron chi connectivity index (χ3n) is 6.25. The van der Waals surface area contributed by atoms with Crippen LogP contribution in [0.25, 0.3) is 5.76 Å². The Morgan fingerprint density at radius 3 is 2.24 bits per heavy atom. The number of methoxy groups -OCH3 is 1. The number of hydrogen-bond acceptors (Lipinski definition) is 6. The molecule has 0 saturated carbocycles.